The zero-order valence-electron chi connectivity index (χ0n) is 11.4. The Labute approximate surface area is 116 Å². The van der Waals surface area contributed by atoms with Gasteiger partial charge >= 0.3 is 18.1 Å². The minimum Gasteiger partial charge on any atom is -0.479 e. The maximum absolute atomic E-state index is 11.8. The first-order chi connectivity index (χ1) is 9.47. The number of likely N-dealkylation sites (tertiary alicyclic amines) is 1. The first-order valence-corrected chi connectivity index (χ1v) is 6.10. The van der Waals surface area contributed by atoms with Crippen LogP contribution in [0.15, 0.2) is 0 Å². The zero-order valence-corrected chi connectivity index (χ0v) is 11.4. The van der Waals surface area contributed by atoms with Crippen LogP contribution < -0.4 is 10.6 Å². The molecule has 1 aliphatic heterocycles. The van der Waals surface area contributed by atoms with Crippen LogP contribution in [0.5, 0.6) is 0 Å². The van der Waals surface area contributed by atoms with Crippen LogP contribution in [0.25, 0.3) is 0 Å². The van der Waals surface area contributed by atoms with Gasteiger partial charge in [0, 0.05) is 20.2 Å². The fraction of sp³-hybridized carbons (Fsp3) is 0.727. The van der Waals surface area contributed by atoms with Crippen molar-refractivity contribution in [1.29, 1.82) is 0 Å². The third-order valence-electron chi connectivity index (χ3n) is 2.98. The second-order valence-corrected chi connectivity index (χ2v) is 4.32. The van der Waals surface area contributed by atoms with Crippen LogP contribution >= 0.6 is 0 Å². The van der Waals surface area contributed by atoms with E-state index in [9.17, 15) is 14.4 Å². The number of nitrogens with zero attached hydrogens (tertiary/aromatic N) is 1. The summed E-state index contributed by atoms with van der Waals surface area (Å²) in [6, 6.07) is -0.548. The number of amides is 3. The summed E-state index contributed by atoms with van der Waals surface area (Å²) in [5, 5.41) is 13.9. The van der Waals surface area contributed by atoms with Gasteiger partial charge in [0.1, 0.15) is 0 Å². The van der Waals surface area contributed by atoms with Crippen molar-refractivity contribution < 1.29 is 29.0 Å². The summed E-state index contributed by atoms with van der Waals surface area (Å²) >= 11 is 0. The maximum atomic E-state index is 11.8. The van der Waals surface area contributed by atoms with E-state index in [2.05, 4.69) is 15.4 Å². The quantitative estimate of drug-likeness (QED) is 0.611. The lowest BCUT2D eigenvalue weighted by Gasteiger charge is -2.19. The number of hydrogen-bond donors (Lipinski definition) is 3. The van der Waals surface area contributed by atoms with Gasteiger partial charge in [-0.1, -0.05) is 0 Å². The second kappa shape index (κ2) is 7.53. The summed E-state index contributed by atoms with van der Waals surface area (Å²) in [7, 11) is 2.53. The molecular weight excluding hydrogens is 270 g/mol. The van der Waals surface area contributed by atoms with E-state index in [4.69, 9.17) is 9.84 Å². The molecule has 0 radical (unpaired) electrons. The minimum atomic E-state index is -1.14. The predicted molar refractivity (Wildman–Crippen MR) is 67.4 cm³/mol. The molecule has 2 unspecified atom stereocenters. The summed E-state index contributed by atoms with van der Waals surface area (Å²) in [5.41, 5.74) is 0. The van der Waals surface area contributed by atoms with Gasteiger partial charge in [-0.3, -0.25) is 0 Å². The predicted octanol–water partition coefficient (Wildman–Crippen LogP) is -0.774. The molecular formula is C11H19N3O6. The molecule has 3 amide bonds. The molecule has 9 nitrogen and oxygen atoms in total. The summed E-state index contributed by atoms with van der Waals surface area (Å²) in [6.45, 7) is 0.715. The number of carbonyl (C=O) groups is 3. The molecule has 0 spiro atoms. The van der Waals surface area contributed by atoms with E-state index in [-0.39, 0.29) is 18.6 Å². The van der Waals surface area contributed by atoms with Crippen molar-refractivity contribution in [2.24, 2.45) is 0 Å². The highest BCUT2D eigenvalue weighted by Crippen LogP contribution is 2.09. The van der Waals surface area contributed by atoms with Crippen molar-refractivity contribution in [2.75, 3.05) is 33.9 Å². The summed E-state index contributed by atoms with van der Waals surface area (Å²) in [5.74, 6) is -1.14. The van der Waals surface area contributed by atoms with E-state index in [0.717, 1.165) is 0 Å². The van der Waals surface area contributed by atoms with Crippen molar-refractivity contribution in [2.45, 2.75) is 18.6 Å². The Morgan fingerprint density at radius 2 is 2.10 bits per heavy atom. The van der Waals surface area contributed by atoms with Gasteiger partial charge in [0.2, 0.25) is 0 Å². The Kier molecular flexibility index (Phi) is 6.04. The third-order valence-corrected chi connectivity index (χ3v) is 2.98. The van der Waals surface area contributed by atoms with E-state index in [1.54, 1.807) is 0 Å². The lowest BCUT2D eigenvalue weighted by Crippen LogP contribution is -2.45. The summed E-state index contributed by atoms with van der Waals surface area (Å²) in [6.07, 6.45) is -0.997. The molecule has 0 aliphatic carbocycles. The Bertz CT molecular complexity index is 375. The molecule has 9 heteroatoms. The number of rotatable bonds is 5. The largest absolute Gasteiger partial charge is 0.479 e. The van der Waals surface area contributed by atoms with Crippen LogP contribution in [0.4, 0.5) is 9.59 Å². The number of hydrogen-bond acceptors (Lipinski definition) is 5. The molecule has 0 bridgehead atoms. The standard InChI is InChI=1S/C11H19N3O6/c1-19-8(9(15)16)5-12-10(17)14-4-3-7(6-14)13-11(18)20-2/h7-8H,3-6H2,1-2H3,(H,12,17)(H,13,18)(H,15,16). The van der Waals surface area contributed by atoms with Crippen molar-refractivity contribution in [1.82, 2.24) is 15.5 Å². The van der Waals surface area contributed by atoms with E-state index < -0.39 is 18.2 Å². The van der Waals surface area contributed by atoms with Crippen molar-refractivity contribution in [3.63, 3.8) is 0 Å². The summed E-state index contributed by atoms with van der Waals surface area (Å²) < 4.78 is 9.18. The molecule has 114 valence electrons. The average molecular weight is 289 g/mol. The molecule has 0 saturated carbocycles. The number of aliphatic carboxylic acids is 1. The number of carboxylic acid groups (broad SMARTS) is 1. The molecule has 0 aromatic carbocycles. The van der Waals surface area contributed by atoms with Crippen LogP contribution in [-0.2, 0) is 14.3 Å². The van der Waals surface area contributed by atoms with Crippen LogP contribution in [0, 0.1) is 0 Å². The van der Waals surface area contributed by atoms with Gasteiger partial charge in [0.25, 0.3) is 0 Å². The van der Waals surface area contributed by atoms with E-state index >= 15 is 0 Å². The number of urea groups is 1. The Morgan fingerprint density at radius 1 is 1.40 bits per heavy atom. The topological polar surface area (TPSA) is 117 Å². The van der Waals surface area contributed by atoms with Crippen LogP contribution in [0.3, 0.4) is 0 Å². The lowest BCUT2D eigenvalue weighted by atomic mass is 10.3. The highest BCUT2D eigenvalue weighted by molar-refractivity contribution is 5.77. The zero-order chi connectivity index (χ0) is 15.1. The molecule has 1 aliphatic rings. The van der Waals surface area contributed by atoms with Crippen LogP contribution in [0.1, 0.15) is 6.42 Å². The van der Waals surface area contributed by atoms with Crippen molar-refractivity contribution >= 4 is 18.1 Å². The van der Waals surface area contributed by atoms with Crippen molar-refractivity contribution in [3.05, 3.63) is 0 Å². The number of ether oxygens (including phenoxy) is 2. The number of methoxy groups -OCH3 is 2. The summed E-state index contributed by atoms with van der Waals surface area (Å²) in [4.78, 5) is 35.1. The molecule has 3 N–H and O–H groups in total. The first kappa shape index (κ1) is 16.0. The first-order valence-electron chi connectivity index (χ1n) is 6.10. The molecule has 1 fully saturated rings. The average Bonchev–Trinajstić information content (AvgIpc) is 2.87. The lowest BCUT2D eigenvalue weighted by molar-refractivity contribution is -0.148. The fourth-order valence-electron chi connectivity index (χ4n) is 1.85. The Balaban J connectivity index is 2.35. The minimum absolute atomic E-state index is 0.115. The molecule has 1 saturated heterocycles. The van der Waals surface area contributed by atoms with E-state index in [1.165, 1.54) is 19.1 Å². The smallest absolute Gasteiger partial charge is 0.407 e. The number of alkyl carbamates (subject to hydrolysis) is 1. The third kappa shape index (κ3) is 4.57. The fourth-order valence-corrected chi connectivity index (χ4v) is 1.85. The highest BCUT2D eigenvalue weighted by Gasteiger charge is 2.28. The normalized spacial score (nSPS) is 19.3. The maximum Gasteiger partial charge on any atom is 0.407 e. The molecule has 1 heterocycles. The Hall–Kier alpha value is -2.03. The van der Waals surface area contributed by atoms with Crippen LogP contribution in [-0.4, -0.2) is 74.1 Å². The van der Waals surface area contributed by atoms with Gasteiger partial charge in [-0.25, -0.2) is 14.4 Å². The number of carboxylic acids is 1. The van der Waals surface area contributed by atoms with E-state index in [1.807, 2.05) is 0 Å². The molecule has 0 aromatic rings. The van der Waals surface area contributed by atoms with Gasteiger partial charge in [0.15, 0.2) is 6.10 Å². The van der Waals surface area contributed by atoms with E-state index in [0.29, 0.717) is 19.5 Å². The van der Waals surface area contributed by atoms with Gasteiger partial charge in [0.05, 0.1) is 19.7 Å². The van der Waals surface area contributed by atoms with Crippen LogP contribution in [0.2, 0.25) is 0 Å². The molecule has 2 atom stereocenters. The highest BCUT2D eigenvalue weighted by atomic mass is 16.5. The van der Waals surface area contributed by atoms with Gasteiger partial charge in [-0.2, -0.15) is 0 Å². The molecule has 1 rings (SSSR count). The monoisotopic (exact) mass is 289 g/mol. The van der Waals surface area contributed by atoms with Crippen molar-refractivity contribution in [3.8, 4) is 0 Å². The molecule has 20 heavy (non-hydrogen) atoms. The number of nitrogens with one attached hydrogen (secondary N) is 2. The second-order valence-electron chi connectivity index (χ2n) is 4.32. The van der Waals surface area contributed by atoms with Gasteiger partial charge in [-0.15, -0.1) is 0 Å². The van der Waals surface area contributed by atoms with Gasteiger partial charge in [-0.05, 0) is 6.42 Å². The molecule has 0 aromatic heterocycles. The number of carbonyl (C=O) groups excluding carboxylic acids is 2. The Morgan fingerprint density at radius 3 is 2.65 bits per heavy atom. The SMILES string of the molecule is COC(=O)NC1CCN(C(=O)NCC(OC)C(=O)O)C1. The van der Waals surface area contributed by atoms with Gasteiger partial charge < -0.3 is 30.1 Å².